The Bertz CT molecular complexity index is 672. The molecule has 0 saturated heterocycles. The van der Waals surface area contributed by atoms with Gasteiger partial charge in [0.05, 0.1) is 0 Å². The highest BCUT2D eigenvalue weighted by molar-refractivity contribution is 5.74. The highest BCUT2D eigenvalue weighted by atomic mass is 16.5. The van der Waals surface area contributed by atoms with Gasteiger partial charge in [-0.1, -0.05) is 48.5 Å². The molecule has 0 unspecified atom stereocenters. The van der Waals surface area contributed by atoms with Gasteiger partial charge in [-0.25, -0.2) is 4.79 Å². The molecule has 5 nitrogen and oxygen atoms in total. The molecule has 0 saturated carbocycles. The van der Waals surface area contributed by atoms with Crippen molar-refractivity contribution in [1.82, 2.24) is 5.32 Å². The molecule has 128 valence electrons. The minimum Gasteiger partial charge on any atom is -0.479 e. The molecule has 0 aliphatic heterocycles. The maximum absolute atomic E-state index is 11.3. The van der Waals surface area contributed by atoms with Crippen molar-refractivity contribution in [1.29, 1.82) is 0 Å². The van der Waals surface area contributed by atoms with Gasteiger partial charge in [-0.15, -0.1) is 0 Å². The molecule has 0 spiro atoms. The van der Waals surface area contributed by atoms with E-state index in [1.54, 1.807) is 13.0 Å². The zero-order valence-electron chi connectivity index (χ0n) is 13.9. The van der Waals surface area contributed by atoms with Crippen LogP contribution in [0.3, 0.4) is 0 Å². The molecule has 0 aliphatic rings. The number of rotatable bonds is 8. The van der Waals surface area contributed by atoms with E-state index < -0.39 is 18.2 Å². The van der Waals surface area contributed by atoms with Crippen LogP contribution < -0.4 is 5.32 Å². The number of nitrogens with one attached hydrogen (secondary N) is 1. The van der Waals surface area contributed by atoms with Gasteiger partial charge in [0.1, 0.15) is 6.10 Å². The van der Waals surface area contributed by atoms with E-state index in [9.17, 15) is 15.0 Å². The summed E-state index contributed by atoms with van der Waals surface area (Å²) in [4.78, 5) is 11.3. The SMILES string of the molecule is CCO[C@H](C(=O)O)[C@H](O)c1ccc(-c2ccccc2)c(CNC)c1. The van der Waals surface area contributed by atoms with Crippen molar-refractivity contribution in [2.24, 2.45) is 0 Å². The Kier molecular flexibility index (Phi) is 6.49. The van der Waals surface area contributed by atoms with E-state index in [1.807, 2.05) is 49.5 Å². The summed E-state index contributed by atoms with van der Waals surface area (Å²) in [6, 6.07) is 15.4. The molecule has 0 aliphatic carbocycles. The van der Waals surface area contributed by atoms with Crippen LogP contribution in [-0.2, 0) is 16.1 Å². The molecule has 0 bridgehead atoms. The standard InChI is InChI=1S/C19H23NO4/c1-3-24-18(19(22)23)17(21)14-9-10-16(15(11-14)12-20-2)13-7-5-4-6-8-13/h4-11,17-18,20-21H,3,12H2,1-2H3,(H,22,23)/t17-,18+/m1/s1. The number of carboxylic acid groups (broad SMARTS) is 1. The predicted octanol–water partition coefficient (Wildman–Crippen LogP) is 2.60. The van der Waals surface area contributed by atoms with Gasteiger partial charge in [0.15, 0.2) is 6.10 Å². The minimum absolute atomic E-state index is 0.222. The van der Waals surface area contributed by atoms with Crippen molar-refractivity contribution < 1.29 is 19.7 Å². The Labute approximate surface area is 141 Å². The number of carboxylic acids is 1. The molecular formula is C19H23NO4. The van der Waals surface area contributed by atoms with E-state index in [-0.39, 0.29) is 6.61 Å². The van der Waals surface area contributed by atoms with E-state index in [2.05, 4.69) is 5.32 Å². The molecule has 0 heterocycles. The minimum atomic E-state index is -1.28. The molecule has 2 aromatic carbocycles. The Morgan fingerprint density at radius 2 is 1.92 bits per heavy atom. The van der Waals surface area contributed by atoms with Gasteiger partial charge in [0, 0.05) is 13.2 Å². The van der Waals surface area contributed by atoms with Gasteiger partial charge < -0.3 is 20.3 Å². The molecule has 2 atom stereocenters. The lowest BCUT2D eigenvalue weighted by Crippen LogP contribution is -2.31. The summed E-state index contributed by atoms with van der Waals surface area (Å²) in [6.45, 7) is 2.53. The third-order valence-corrected chi connectivity index (χ3v) is 3.80. The first-order valence-electron chi connectivity index (χ1n) is 7.93. The second-order valence-electron chi connectivity index (χ2n) is 5.47. The first-order valence-corrected chi connectivity index (χ1v) is 7.93. The molecule has 2 rings (SSSR count). The van der Waals surface area contributed by atoms with Crippen LogP contribution in [0.4, 0.5) is 0 Å². The summed E-state index contributed by atoms with van der Waals surface area (Å²) < 4.78 is 5.17. The van der Waals surface area contributed by atoms with Crippen molar-refractivity contribution in [3.63, 3.8) is 0 Å². The van der Waals surface area contributed by atoms with E-state index in [1.165, 1.54) is 0 Å². The van der Waals surface area contributed by atoms with Crippen LogP contribution in [0.5, 0.6) is 0 Å². The average molecular weight is 329 g/mol. The summed E-state index contributed by atoms with van der Waals surface area (Å²) in [7, 11) is 1.85. The summed E-state index contributed by atoms with van der Waals surface area (Å²) in [5.41, 5.74) is 3.63. The number of aliphatic hydroxyl groups excluding tert-OH is 1. The maximum Gasteiger partial charge on any atom is 0.335 e. The van der Waals surface area contributed by atoms with E-state index in [0.29, 0.717) is 12.1 Å². The highest BCUT2D eigenvalue weighted by Gasteiger charge is 2.28. The number of hydrogen-bond donors (Lipinski definition) is 3. The van der Waals surface area contributed by atoms with Crippen LogP contribution in [0.15, 0.2) is 48.5 Å². The number of ether oxygens (including phenoxy) is 1. The largest absolute Gasteiger partial charge is 0.479 e. The van der Waals surface area contributed by atoms with Crippen LogP contribution >= 0.6 is 0 Å². The van der Waals surface area contributed by atoms with Crippen molar-refractivity contribution >= 4 is 5.97 Å². The third-order valence-electron chi connectivity index (χ3n) is 3.80. The van der Waals surface area contributed by atoms with E-state index >= 15 is 0 Å². The fourth-order valence-electron chi connectivity index (χ4n) is 2.69. The Morgan fingerprint density at radius 1 is 1.21 bits per heavy atom. The monoisotopic (exact) mass is 329 g/mol. The van der Waals surface area contributed by atoms with Gasteiger partial charge in [-0.05, 0) is 36.2 Å². The molecule has 0 amide bonds. The lowest BCUT2D eigenvalue weighted by atomic mass is 9.94. The van der Waals surface area contributed by atoms with Gasteiger partial charge in [0.2, 0.25) is 0 Å². The first kappa shape index (κ1) is 18.1. The van der Waals surface area contributed by atoms with Gasteiger partial charge in [-0.2, -0.15) is 0 Å². The van der Waals surface area contributed by atoms with Crippen LogP contribution in [-0.4, -0.2) is 35.9 Å². The number of aliphatic hydroxyl groups is 1. The van der Waals surface area contributed by atoms with E-state index in [0.717, 1.165) is 16.7 Å². The summed E-state index contributed by atoms with van der Waals surface area (Å²) in [5, 5.41) is 22.8. The van der Waals surface area contributed by atoms with Crippen molar-refractivity contribution in [3.05, 3.63) is 59.7 Å². The molecule has 5 heteroatoms. The Hall–Kier alpha value is -2.21. The lowest BCUT2D eigenvalue weighted by molar-refractivity contribution is -0.158. The van der Waals surface area contributed by atoms with Gasteiger partial charge >= 0.3 is 5.97 Å². The fraction of sp³-hybridized carbons (Fsp3) is 0.316. The molecule has 0 aromatic heterocycles. The Morgan fingerprint density at radius 3 is 2.50 bits per heavy atom. The molecule has 24 heavy (non-hydrogen) atoms. The van der Waals surface area contributed by atoms with Crippen molar-refractivity contribution in [2.45, 2.75) is 25.7 Å². The number of carbonyl (C=O) groups is 1. The van der Waals surface area contributed by atoms with Gasteiger partial charge in [0.25, 0.3) is 0 Å². The molecule has 3 N–H and O–H groups in total. The fourth-order valence-corrected chi connectivity index (χ4v) is 2.69. The molecular weight excluding hydrogens is 306 g/mol. The molecule has 0 radical (unpaired) electrons. The number of hydrogen-bond acceptors (Lipinski definition) is 4. The number of aliphatic carboxylic acids is 1. The second kappa shape index (κ2) is 8.59. The zero-order chi connectivity index (χ0) is 17.5. The summed E-state index contributed by atoms with van der Waals surface area (Å²) in [6.07, 6.45) is -2.50. The summed E-state index contributed by atoms with van der Waals surface area (Å²) in [5.74, 6) is -1.17. The van der Waals surface area contributed by atoms with Crippen molar-refractivity contribution in [2.75, 3.05) is 13.7 Å². The summed E-state index contributed by atoms with van der Waals surface area (Å²) >= 11 is 0. The Balaban J connectivity index is 2.39. The predicted molar refractivity (Wildman–Crippen MR) is 92.7 cm³/mol. The average Bonchev–Trinajstić information content (AvgIpc) is 2.60. The topological polar surface area (TPSA) is 78.8 Å². The first-order chi connectivity index (χ1) is 11.6. The van der Waals surface area contributed by atoms with Crippen LogP contribution in [0.25, 0.3) is 11.1 Å². The van der Waals surface area contributed by atoms with Crippen molar-refractivity contribution in [3.8, 4) is 11.1 Å². The normalized spacial score (nSPS) is 13.5. The highest BCUT2D eigenvalue weighted by Crippen LogP contribution is 2.28. The second-order valence-corrected chi connectivity index (χ2v) is 5.47. The van der Waals surface area contributed by atoms with Gasteiger partial charge in [-0.3, -0.25) is 0 Å². The number of benzene rings is 2. The quantitative estimate of drug-likeness (QED) is 0.694. The smallest absolute Gasteiger partial charge is 0.335 e. The third kappa shape index (κ3) is 4.20. The maximum atomic E-state index is 11.3. The van der Waals surface area contributed by atoms with Crippen LogP contribution in [0.2, 0.25) is 0 Å². The van der Waals surface area contributed by atoms with Crippen LogP contribution in [0, 0.1) is 0 Å². The van der Waals surface area contributed by atoms with Crippen LogP contribution in [0.1, 0.15) is 24.2 Å². The molecule has 2 aromatic rings. The lowest BCUT2D eigenvalue weighted by Gasteiger charge is -2.21. The van der Waals surface area contributed by atoms with E-state index in [4.69, 9.17) is 4.74 Å². The molecule has 0 fully saturated rings. The zero-order valence-corrected chi connectivity index (χ0v) is 13.9.